The van der Waals surface area contributed by atoms with Gasteiger partial charge in [0.15, 0.2) is 0 Å². The molecule has 3 heteroatoms. The Hall–Kier alpha value is -5.12. The predicted molar refractivity (Wildman–Crippen MR) is 188 cm³/mol. The molecule has 0 aromatic heterocycles. The minimum Gasteiger partial charge on any atom is -0.311 e. The molecule has 0 saturated heterocycles. The molecule has 0 spiro atoms. The van der Waals surface area contributed by atoms with Crippen molar-refractivity contribution in [2.45, 2.75) is 20.4 Å². The Bertz CT molecular complexity index is 1770. The van der Waals surface area contributed by atoms with Gasteiger partial charge in [0.2, 0.25) is 0 Å². The van der Waals surface area contributed by atoms with E-state index in [2.05, 4.69) is 194 Å². The Balaban J connectivity index is 1.30. The van der Waals surface area contributed by atoms with Crippen molar-refractivity contribution < 1.29 is 0 Å². The molecule has 0 unspecified atom stereocenters. The Kier molecular flexibility index (Phi) is 8.58. The predicted octanol–water partition coefficient (Wildman–Crippen LogP) is 11.0. The molecule has 6 rings (SSSR count). The van der Waals surface area contributed by atoms with E-state index >= 15 is 0 Å². The zero-order valence-electron chi connectivity index (χ0n) is 26.0. The monoisotopic (exact) mass is 573 g/mol. The van der Waals surface area contributed by atoms with Crippen molar-refractivity contribution in [2.75, 3.05) is 23.9 Å². The molecule has 44 heavy (non-hydrogen) atoms. The van der Waals surface area contributed by atoms with Crippen molar-refractivity contribution in [3.8, 4) is 11.1 Å². The van der Waals surface area contributed by atoms with Crippen LogP contribution in [0.25, 0.3) is 11.1 Å². The maximum Gasteiger partial charge on any atom is 0.0462 e. The number of hydrogen-bond acceptors (Lipinski definition) is 3. The van der Waals surface area contributed by atoms with Gasteiger partial charge in [-0.25, -0.2) is 0 Å². The Labute approximate surface area is 262 Å². The molecular weight excluding hydrogens is 534 g/mol. The third-order valence-corrected chi connectivity index (χ3v) is 7.88. The van der Waals surface area contributed by atoms with Crippen molar-refractivity contribution in [3.63, 3.8) is 0 Å². The lowest BCUT2D eigenvalue weighted by Crippen LogP contribution is -2.12. The van der Waals surface area contributed by atoms with Gasteiger partial charge in [0, 0.05) is 40.7 Å². The number of hydrogen-bond donors (Lipinski definition) is 0. The SMILES string of the molecule is Cc1ccc(N(c2ccccc2)c2ccc(-c3ccc(N(c4ccc(C)cc4)c4ccc(CN(C)C)cc4)cc3)cc2)cc1. The topological polar surface area (TPSA) is 9.72 Å². The zero-order valence-corrected chi connectivity index (χ0v) is 26.0. The van der Waals surface area contributed by atoms with Crippen LogP contribution in [0.4, 0.5) is 34.1 Å². The van der Waals surface area contributed by atoms with Crippen LogP contribution in [-0.2, 0) is 6.54 Å². The quantitative estimate of drug-likeness (QED) is 0.170. The molecular formula is C41H39N3. The summed E-state index contributed by atoms with van der Waals surface area (Å²) in [6, 6.07) is 54.6. The second kappa shape index (κ2) is 13.0. The van der Waals surface area contributed by atoms with E-state index in [9.17, 15) is 0 Å². The van der Waals surface area contributed by atoms with Gasteiger partial charge in [-0.2, -0.15) is 0 Å². The van der Waals surface area contributed by atoms with Crippen LogP contribution in [0.5, 0.6) is 0 Å². The lowest BCUT2D eigenvalue weighted by Gasteiger charge is -2.26. The summed E-state index contributed by atoms with van der Waals surface area (Å²) in [5, 5.41) is 0. The van der Waals surface area contributed by atoms with Crippen LogP contribution in [0.1, 0.15) is 16.7 Å². The average Bonchev–Trinajstić information content (AvgIpc) is 3.05. The summed E-state index contributed by atoms with van der Waals surface area (Å²) < 4.78 is 0. The minimum absolute atomic E-state index is 0.923. The van der Waals surface area contributed by atoms with Gasteiger partial charge < -0.3 is 14.7 Å². The van der Waals surface area contributed by atoms with Gasteiger partial charge in [0.25, 0.3) is 0 Å². The second-order valence-electron chi connectivity index (χ2n) is 11.7. The van der Waals surface area contributed by atoms with E-state index in [1.54, 1.807) is 0 Å². The number of aryl methyl sites for hydroxylation is 2. The van der Waals surface area contributed by atoms with E-state index in [1.165, 1.54) is 27.8 Å². The highest BCUT2D eigenvalue weighted by atomic mass is 15.1. The first kappa shape index (κ1) is 29.0. The highest BCUT2D eigenvalue weighted by Gasteiger charge is 2.15. The molecule has 3 nitrogen and oxygen atoms in total. The molecule has 6 aromatic rings. The normalized spacial score (nSPS) is 11.0. The van der Waals surface area contributed by atoms with Crippen molar-refractivity contribution in [1.29, 1.82) is 0 Å². The van der Waals surface area contributed by atoms with Crippen LogP contribution in [0.3, 0.4) is 0 Å². The fraction of sp³-hybridized carbons (Fsp3) is 0.122. The van der Waals surface area contributed by atoms with Gasteiger partial charge in [0.05, 0.1) is 0 Å². The van der Waals surface area contributed by atoms with Crippen LogP contribution in [0, 0.1) is 13.8 Å². The highest BCUT2D eigenvalue weighted by Crippen LogP contribution is 2.38. The van der Waals surface area contributed by atoms with Crippen molar-refractivity contribution in [2.24, 2.45) is 0 Å². The lowest BCUT2D eigenvalue weighted by molar-refractivity contribution is 0.402. The maximum atomic E-state index is 2.32. The van der Waals surface area contributed by atoms with Gasteiger partial charge in [0.1, 0.15) is 0 Å². The number of rotatable bonds is 9. The van der Waals surface area contributed by atoms with Gasteiger partial charge in [-0.15, -0.1) is 0 Å². The standard InChI is InChI=1S/C41H39N3/c1-31-10-20-37(21-11-31)43(36-8-6-5-7-9-36)40-26-16-34(17-27-40)35-18-28-41(29-19-35)44(38-22-12-32(2)13-23-38)39-24-14-33(15-25-39)30-42(3)4/h5-29H,30H2,1-4H3. The molecule has 0 radical (unpaired) electrons. The summed E-state index contributed by atoms with van der Waals surface area (Å²) >= 11 is 0. The van der Waals surface area contributed by atoms with Crippen LogP contribution in [-0.4, -0.2) is 19.0 Å². The van der Waals surface area contributed by atoms with Crippen molar-refractivity contribution >= 4 is 34.1 Å². The second-order valence-corrected chi connectivity index (χ2v) is 11.7. The molecule has 0 aliphatic heterocycles. The number of benzene rings is 6. The van der Waals surface area contributed by atoms with Crippen LogP contribution in [0.2, 0.25) is 0 Å². The summed E-state index contributed by atoms with van der Waals surface area (Å²) in [5.41, 5.74) is 13.0. The minimum atomic E-state index is 0.923. The largest absolute Gasteiger partial charge is 0.311 e. The van der Waals surface area contributed by atoms with E-state index in [0.717, 1.165) is 40.7 Å². The lowest BCUT2D eigenvalue weighted by atomic mass is 10.0. The molecule has 6 aromatic carbocycles. The van der Waals surface area contributed by atoms with Crippen LogP contribution in [0.15, 0.2) is 152 Å². The summed E-state index contributed by atoms with van der Waals surface area (Å²) in [5.74, 6) is 0. The summed E-state index contributed by atoms with van der Waals surface area (Å²) in [7, 11) is 4.20. The van der Waals surface area contributed by atoms with Gasteiger partial charge in [-0.05, 0) is 117 Å². The molecule has 0 atom stereocenters. The zero-order chi connectivity index (χ0) is 30.5. The first-order valence-corrected chi connectivity index (χ1v) is 15.2. The van der Waals surface area contributed by atoms with Gasteiger partial charge in [-0.1, -0.05) is 90.0 Å². The molecule has 0 aliphatic rings. The molecule has 0 N–H and O–H groups in total. The molecule has 0 saturated carbocycles. The molecule has 0 aliphatic carbocycles. The Morgan fingerprint density at radius 2 is 0.682 bits per heavy atom. The third-order valence-electron chi connectivity index (χ3n) is 7.88. The smallest absolute Gasteiger partial charge is 0.0462 e. The van der Waals surface area contributed by atoms with Crippen molar-refractivity contribution in [3.05, 3.63) is 168 Å². The van der Waals surface area contributed by atoms with E-state index in [-0.39, 0.29) is 0 Å². The fourth-order valence-corrected chi connectivity index (χ4v) is 5.58. The molecule has 0 amide bonds. The fourth-order valence-electron chi connectivity index (χ4n) is 5.58. The van der Waals surface area contributed by atoms with Gasteiger partial charge in [-0.3, -0.25) is 0 Å². The average molecular weight is 574 g/mol. The summed E-state index contributed by atoms with van der Waals surface area (Å²) in [6.07, 6.45) is 0. The van der Waals surface area contributed by atoms with Crippen LogP contribution < -0.4 is 9.80 Å². The first-order chi connectivity index (χ1) is 21.4. The Morgan fingerprint density at radius 1 is 0.364 bits per heavy atom. The summed E-state index contributed by atoms with van der Waals surface area (Å²) in [6.45, 7) is 5.18. The van der Waals surface area contributed by atoms with E-state index in [0.29, 0.717) is 0 Å². The highest BCUT2D eigenvalue weighted by molar-refractivity contribution is 5.80. The molecule has 0 heterocycles. The molecule has 0 fully saturated rings. The van der Waals surface area contributed by atoms with Gasteiger partial charge >= 0.3 is 0 Å². The summed E-state index contributed by atoms with van der Waals surface area (Å²) in [4.78, 5) is 6.82. The van der Waals surface area contributed by atoms with Crippen LogP contribution >= 0.6 is 0 Å². The molecule has 218 valence electrons. The maximum absolute atomic E-state index is 2.32. The Morgan fingerprint density at radius 3 is 1.05 bits per heavy atom. The van der Waals surface area contributed by atoms with E-state index in [4.69, 9.17) is 0 Å². The first-order valence-electron chi connectivity index (χ1n) is 15.2. The van der Waals surface area contributed by atoms with E-state index in [1.807, 2.05) is 0 Å². The third kappa shape index (κ3) is 6.59. The molecule has 0 bridgehead atoms. The van der Waals surface area contributed by atoms with Crippen molar-refractivity contribution in [1.82, 2.24) is 4.90 Å². The number of nitrogens with zero attached hydrogens (tertiary/aromatic N) is 3. The number of para-hydroxylation sites is 1. The number of anilines is 6. The van der Waals surface area contributed by atoms with E-state index < -0.39 is 0 Å².